The fourth-order valence-electron chi connectivity index (χ4n) is 7.68. The van der Waals surface area contributed by atoms with Crippen LogP contribution < -0.4 is 14.5 Å². The van der Waals surface area contributed by atoms with E-state index in [1.54, 1.807) is 0 Å². The van der Waals surface area contributed by atoms with Crippen molar-refractivity contribution in [1.29, 1.82) is 0 Å². The molecule has 10 rings (SSSR count). The Bertz CT molecular complexity index is 2880. The van der Waals surface area contributed by atoms with E-state index in [0.717, 1.165) is 78.1 Å². The molecule has 3 aromatic heterocycles. The number of ether oxygens (including phenoxy) is 1. The highest BCUT2D eigenvalue weighted by Crippen LogP contribution is 2.40. The van der Waals surface area contributed by atoms with Gasteiger partial charge in [0.1, 0.15) is 28.5 Å². The first-order valence-corrected chi connectivity index (χ1v) is 18.4. The Labute approximate surface area is 313 Å². The van der Waals surface area contributed by atoms with Crippen LogP contribution in [0.2, 0.25) is 0 Å². The quantitative estimate of drug-likeness (QED) is 0.173. The van der Waals surface area contributed by atoms with Gasteiger partial charge < -0.3 is 19.0 Å². The fourth-order valence-corrected chi connectivity index (χ4v) is 7.68. The number of furan rings is 1. The molecule has 262 valence electrons. The van der Waals surface area contributed by atoms with Gasteiger partial charge in [-0.25, -0.2) is 4.98 Å². The minimum atomic E-state index is -0.101. The van der Waals surface area contributed by atoms with Crippen LogP contribution in [0.25, 0.3) is 55.3 Å². The van der Waals surface area contributed by atoms with Crippen LogP contribution in [0.5, 0.6) is 11.5 Å². The normalized spacial score (nSPS) is 13.4. The Kier molecular flexibility index (Phi) is 7.34. The second-order valence-corrected chi connectivity index (χ2v) is 15.0. The van der Waals surface area contributed by atoms with Crippen LogP contribution in [0.15, 0.2) is 168 Å². The maximum absolute atomic E-state index is 6.83. The number of fused-ring (bicyclic) bond motifs is 6. The molecule has 6 heteroatoms. The molecule has 1 aliphatic heterocycles. The molecule has 0 bridgehead atoms. The number of nitrogens with zero attached hydrogens (tertiary/aromatic N) is 4. The first kappa shape index (κ1) is 31.9. The molecule has 0 spiro atoms. The van der Waals surface area contributed by atoms with E-state index in [1.807, 2.05) is 30.5 Å². The fraction of sp³-hybridized carbons (Fsp3) is 0.104. The number of anilines is 2. The van der Waals surface area contributed by atoms with Crippen molar-refractivity contribution in [3.05, 3.63) is 175 Å². The van der Waals surface area contributed by atoms with Gasteiger partial charge in [0.25, 0.3) is 0 Å². The zero-order valence-electron chi connectivity index (χ0n) is 30.4. The summed E-state index contributed by atoms with van der Waals surface area (Å²) in [6, 6.07) is 52.8. The monoisotopic (exact) mass is 702 g/mol. The largest absolute Gasteiger partial charge is 0.457 e. The standard InChI is InChI=1S/C48H38N4O2/c1-48(2,3)33-24-35(50-30-44(32-14-6-4-7-15-32)51(31-50)34-16-8-5-9-17-34)26-37(25-33)53-36-22-23-39-38-18-10-12-20-42(38)52(43(39)27-36)47-28-46-41(29-49-47)40-19-11-13-21-45(40)54-46/h4-30H,31H2,1-3H3. The summed E-state index contributed by atoms with van der Waals surface area (Å²) >= 11 is 0. The van der Waals surface area contributed by atoms with Gasteiger partial charge >= 0.3 is 0 Å². The van der Waals surface area contributed by atoms with E-state index in [2.05, 4.69) is 169 Å². The van der Waals surface area contributed by atoms with Gasteiger partial charge in [0.15, 0.2) is 0 Å². The van der Waals surface area contributed by atoms with Crippen LogP contribution in [-0.2, 0) is 5.41 Å². The van der Waals surface area contributed by atoms with E-state index in [-0.39, 0.29) is 5.41 Å². The first-order chi connectivity index (χ1) is 26.4. The number of para-hydroxylation sites is 3. The number of hydrogen-bond donors (Lipinski definition) is 0. The van der Waals surface area contributed by atoms with Crippen LogP contribution in [-0.4, -0.2) is 16.2 Å². The number of benzene rings is 6. The van der Waals surface area contributed by atoms with Gasteiger partial charge in [0.2, 0.25) is 0 Å². The molecule has 0 fully saturated rings. The summed E-state index contributed by atoms with van der Waals surface area (Å²) in [5, 5.41) is 4.35. The summed E-state index contributed by atoms with van der Waals surface area (Å²) in [7, 11) is 0. The third kappa shape index (κ3) is 5.46. The highest BCUT2D eigenvalue weighted by Gasteiger charge is 2.26. The molecule has 1 aliphatic rings. The lowest BCUT2D eigenvalue weighted by Crippen LogP contribution is -2.26. The van der Waals surface area contributed by atoms with Gasteiger partial charge in [-0.15, -0.1) is 0 Å². The Balaban J connectivity index is 1.07. The molecular weight excluding hydrogens is 665 g/mol. The average molecular weight is 703 g/mol. The van der Waals surface area contributed by atoms with E-state index in [9.17, 15) is 0 Å². The topological polar surface area (TPSA) is 46.7 Å². The van der Waals surface area contributed by atoms with Crippen LogP contribution in [0.3, 0.4) is 0 Å². The van der Waals surface area contributed by atoms with Crippen molar-refractivity contribution in [2.24, 2.45) is 0 Å². The summed E-state index contributed by atoms with van der Waals surface area (Å²) in [5.41, 5.74) is 9.39. The summed E-state index contributed by atoms with van der Waals surface area (Å²) < 4.78 is 15.3. The van der Waals surface area contributed by atoms with E-state index in [1.165, 1.54) is 11.1 Å². The molecule has 0 N–H and O–H groups in total. The number of aromatic nitrogens is 2. The zero-order valence-corrected chi connectivity index (χ0v) is 30.4. The van der Waals surface area contributed by atoms with Crippen LogP contribution >= 0.6 is 0 Å². The van der Waals surface area contributed by atoms with Crippen molar-refractivity contribution in [1.82, 2.24) is 9.55 Å². The third-order valence-corrected chi connectivity index (χ3v) is 10.4. The second kappa shape index (κ2) is 12.4. The maximum Gasteiger partial charge on any atom is 0.141 e. The van der Waals surface area contributed by atoms with E-state index >= 15 is 0 Å². The number of hydrogen-bond acceptors (Lipinski definition) is 5. The van der Waals surface area contributed by atoms with Gasteiger partial charge in [-0.05, 0) is 65.1 Å². The van der Waals surface area contributed by atoms with Gasteiger partial charge in [0, 0.05) is 63.5 Å². The van der Waals surface area contributed by atoms with Gasteiger partial charge in [0.05, 0.1) is 23.4 Å². The van der Waals surface area contributed by atoms with Crippen LogP contribution in [0.4, 0.5) is 11.4 Å². The molecule has 0 radical (unpaired) electrons. The lowest BCUT2D eigenvalue weighted by molar-refractivity contribution is 0.479. The van der Waals surface area contributed by atoms with Crippen molar-refractivity contribution in [3.8, 4) is 17.3 Å². The number of pyridine rings is 1. The molecule has 4 heterocycles. The highest BCUT2D eigenvalue weighted by atomic mass is 16.5. The van der Waals surface area contributed by atoms with Crippen molar-refractivity contribution in [2.45, 2.75) is 26.2 Å². The highest BCUT2D eigenvalue weighted by molar-refractivity contribution is 6.10. The molecule has 6 nitrogen and oxygen atoms in total. The predicted molar refractivity (Wildman–Crippen MR) is 222 cm³/mol. The Morgan fingerprint density at radius 3 is 2.13 bits per heavy atom. The lowest BCUT2D eigenvalue weighted by Gasteiger charge is -2.26. The molecule has 0 saturated carbocycles. The van der Waals surface area contributed by atoms with Crippen molar-refractivity contribution in [2.75, 3.05) is 16.5 Å². The Hall–Kier alpha value is -6.79. The molecule has 0 aliphatic carbocycles. The molecule has 0 saturated heterocycles. The summed E-state index contributed by atoms with van der Waals surface area (Å²) in [6.07, 6.45) is 4.18. The van der Waals surface area contributed by atoms with E-state index < -0.39 is 0 Å². The molecular formula is C48H38N4O2. The molecule has 9 aromatic rings. The van der Waals surface area contributed by atoms with Gasteiger partial charge in [-0.2, -0.15) is 0 Å². The van der Waals surface area contributed by atoms with Gasteiger partial charge in [-0.1, -0.05) is 106 Å². The predicted octanol–water partition coefficient (Wildman–Crippen LogP) is 12.5. The molecule has 6 aromatic carbocycles. The van der Waals surface area contributed by atoms with Crippen molar-refractivity contribution >= 4 is 60.8 Å². The minimum absolute atomic E-state index is 0.101. The lowest BCUT2D eigenvalue weighted by atomic mass is 9.86. The maximum atomic E-state index is 6.83. The van der Waals surface area contributed by atoms with Crippen molar-refractivity contribution in [3.63, 3.8) is 0 Å². The smallest absolute Gasteiger partial charge is 0.141 e. The Morgan fingerprint density at radius 2 is 1.31 bits per heavy atom. The Morgan fingerprint density at radius 1 is 0.593 bits per heavy atom. The first-order valence-electron chi connectivity index (χ1n) is 18.4. The molecule has 54 heavy (non-hydrogen) atoms. The molecule has 0 unspecified atom stereocenters. The second-order valence-electron chi connectivity index (χ2n) is 15.0. The summed E-state index contributed by atoms with van der Waals surface area (Å²) in [5.74, 6) is 2.33. The summed E-state index contributed by atoms with van der Waals surface area (Å²) in [4.78, 5) is 9.67. The zero-order chi connectivity index (χ0) is 36.4. The number of rotatable bonds is 6. The summed E-state index contributed by atoms with van der Waals surface area (Å²) in [6.45, 7) is 7.42. The van der Waals surface area contributed by atoms with Crippen molar-refractivity contribution < 1.29 is 9.15 Å². The molecule has 0 amide bonds. The van der Waals surface area contributed by atoms with E-state index in [4.69, 9.17) is 14.1 Å². The van der Waals surface area contributed by atoms with Crippen LogP contribution in [0.1, 0.15) is 31.9 Å². The van der Waals surface area contributed by atoms with Crippen LogP contribution in [0, 0.1) is 0 Å². The average Bonchev–Trinajstić information content (AvgIpc) is 3.90. The minimum Gasteiger partial charge on any atom is -0.457 e. The molecule has 0 atom stereocenters. The third-order valence-electron chi connectivity index (χ3n) is 10.4. The SMILES string of the molecule is CC(C)(C)c1cc(Oc2ccc3c4ccccc4n(-c4cc5oc6ccccc6c5cn4)c3c2)cc(N2C=C(c3ccccc3)N(c3ccccc3)C2)c1. The van der Waals surface area contributed by atoms with E-state index in [0.29, 0.717) is 6.67 Å². The van der Waals surface area contributed by atoms with Gasteiger partial charge in [-0.3, -0.25) is 4.57 Å².